The maximum Gasteiger partial charge on any atom is 0.157 e. The molecular weight excluding hydrogens is 412 g/mol. The van der Waals surface area contributed by atoms with Crippen LogP contribution in [0.4, 0.5) is 0 Å². The standard InChI is InChI=1S/C33H64O/c1-4-5-6-7-8-9-10-11-12-13-14-15-16-17-18-19-20-21-22-23-24-25-26-27-28-29-30-31-33(34)32(2)3/h2,4-31H2,1,3H3. The van der Waals surface area contributed by atoms with Gasteiger partial charge in [0.1, 0.15) is 0 Å². The number of hydrogen-bond acceptors (Lipinski definition) is 1. The molecule has 1 heteroatoms. The molecule has 0 amide bonds. The normalized spacial score (nSPS) is 11.2. The first kappa shape index (κ1) is 33.4. The zero-order valence-electron chi connectivity index (χ0n) is 23.9. The fourth-order valence-corrected chi connectivity index (χ4v) is 4.99. The molecule has 0 heterocycles. The van der Waals surface area contributed by atoms with Gasteiger partial charge in [0.2, 0.25) is 0 Å². The quantitative estimate of drug-likeness (QED) is 0.0774. The average molecular weight is 477 g/mol. The van der Waals surface area contributed by atoms with E-state index in [-0.39, 0.29) is 5.78 Å². The van der Waals surface area contributed by atoms with E-state index >= 15 is 0 Å². The van der Waals surface area contributed by atoms with Gasteiger partial charge in [0, 0.05) is 6.42 Å². The van der Waals surface area contributed by atoms with Crippen molar-refractivity contribution < 1.29 is 4.79 Å². The molecule has 0 bridgehead atoms. The molecule has 0 atom stereocenters. The van der Waals surface area contributed by atoms with Crippen molar-refractivity contribution in [2.24, 2.45) is 0 Å². The van der Waals surface area contributed by atoms with Crippen molar-refractivity contribution >= 4 is 5.78 Å². The first-order valence-electron chi connectivity index (χ1n) is 15.9. The summed E-state index contributed by atoms with van der Waals surface area (Å²) < 4.78 is 0. The first-order chi connectivity index (χ1) is 16.7. The number of allylic oxidation sites excluding steroid dienone is 1. The predicted octanol–water partition coefficient (Wildman–Crippen LogP) is 12.1. The van der Waals surface area contributed by atoms with E-state index in [0.717, 1.165) is 12.0 Å². The van der Waals surface area contributed by atoms with Crippen molar-refractivity contribution in [2.45, 2.75) is 194 Å². The Balaban J connectivity index is 3.05. The molecule has 0 aliphatic carbocycles. The molecule has 0 saturated carbocycles. The highest BCUT2D eigenvalue weighted by Crippen LogP contribution is 2.16. The van der Waals surface area contributed by atoms with Gasteiger partial charge < -0.3 is 0 Å². The number of unbranched alkanes of at least 4 members (excludes halogenated alkanes) is 26. The highest BCUT2D eigenvalue weighted by Gasteiger charge is 2.01. The van der Waals surface area contributed by atoms with Crippen molar-refractivity contribution in [2.75, 3.05) is 0 Å². The Labute approximate surface area is 216 Å². The maximum absolute atomic E-state index is 11.5. The molecule has 0 unspecified atom stereocenters. The molecule has 0 saturated heterocycles. The summed E-state index contributed by atoms with van der Waals surface area (Å²) in [6.45, 7) is 7.84. The molecule has 0 spiro atoms. The lowest BCUT2D eigenvalue weighted by atomic mass is 10.0. The summed E-state index contributed by atoms with van der Waals surface area (Å²) in [6, 6.07) is 0. The molecule has 202 valence electrons. The van der Waals surface area contributed by atoms with E-state index in [1.165, 1.54) is 167 Å². The molecule has 0 aromatic carbocycles. The van der Waals surface area contributed by atoms with Gasteiger partial charge in [-0.3, -0.25) is 4.79 Å². The van der Waals surface area contributed by atoms with Gasteiger partial charge in [-0.2, -0.15) is 0 Å². The van der Waals surface area contributed by atoms with Gasteiger partial charge in [-0.1, -0.05) is 180 Å². The van der Waals surface area contributed by atoms with Crippen molar-refractivity contribution in [3.05, 3.63) is 12.2 Å². The Kier molecular flexibility index (Phi) is 28.1. The predicted molar refractivity (Wildman–Crippen MR) is 155 cm³/mol. The van der Waals surface area contributed by atoms with E-state index in [2.05, 4.69) is 13.5 Å². The van der Waals surface area contributed by atoms with Crippen molar-refractivity contribution in [1.82, 2.24) is 0 Å². The van der Waals surface area contributed by atoms with Crippen molar-refractivity contribution in [1.29, 1.82) is 0 Å². The van der Waals surface area contributed by atoms with Gasteiger partial charge in [0.25, 0.3) is 0 Å². The minimum atomic E-state index is 0.250. The summed E-state index contributed by atoms with van der Waals surface area (Å²) in [5.74, 6) is 0.250. The molecule has 0 rings (SSSR count). The van der Waals surface area contributed by atoms with Crippen LogP contribution in [0.15, 0.2) is 12.2 Å². The third-order valence-corrected chi connectivity index (χ3v) is 7.48. The number of carbonyl (C=O) groups excluding carboxylic acids is 1. The van der Waals surface area contributed by atoms with E-state index in [0.29, 0.717) is 6.42 Å². The second kappa shape index (κ2) is 28.6. The zero-order valence-corrected chi connectivity index (χ0v) is 23.9. The average Bonchev–Trinajstić information content (AvgIpc) is 2.83. The minimum absolute atomic E-state index is 0.250. The molecule has 1 nitrogen and oxygen atoms in total. The highest BCUT2D eigenvalue weighted by molar-refractivity contribution is 5.93. The SMILES string of the molecule is C=C(C)C(=O)CCCCCCCCCCCCCCCCCCCCCCCCCCCCC. The Morgan fingerprint density at radius 1 is 0.412 bits per heavy atom. The minimum Gasteiger partial charge on any atom is -0.295 e. The molecule has 0 radical (unpaired) electrons. The van der Waals surface area contributed by atoms with Crippen LogP contribution in [0.3, 0.4) is 0 Å². The lowest BCUT2D eigenvalue weighted by Gasteiger charge is -2.04. The van der Waals surface area contributed by atoms with Crippen LogP contribution in [-0.2, 0) is 4.79 Å². The van der Waals surface area contributed by atoms with Gasteiger partial charge in [0.15, 0.2) is 5.78 Å². The van der Waals surface area contributed by atoms with Gasteiger partial charge in [-0.25, -0.2) is 0 Å². The second-order valence-corrected chi connectivity index (χ2v) is 11.1. The Morgan fingerprint density at radius 3 is 0.824 bits per heavy atom. The molecule has 0 fully saturated rings. The van der Waals surface area contributed by atoms with Crippen LogP contribution < -0.4 is 0 Å². The Hall–Kier alpha value is -0.590. The van der Waals surface area contributed by atoms with E-state index in [4.69, 9.17) is 0 Å². The van der Waals surface area contributed by atoms with Gasteiger partial charge in [-0.05, 0) is 18.9 Å². The maximum atomic E-state index is 11.5. The fourth-order valence-electron chi connectivity index (χ4n) is 4.99. The number of rotatable bonds is 29. The molecule has 34 heavy (non-hydrogen) atoms. The van der Waals surface area contributed by atoms with E-state index in [9.17, 15) is 4.79 Å². The zero-order chi connectivity index (χ0) is 25.0. The lowest BCUT2D eigenvalue weighted by molar-refractivity contribution is -0.115. The van der Waals surface area contributed by atoms with Gasteiger partial charge in [-0.15, -0.1) is 0 Å². The van der Waals surface area contributed by atoms with Crippen molar-refractivity contribution in [3.8, 4) is 0 Å². The van der Waals surface area contributed by atoms with Crippen molar-refractivity contribution in [3.63, 3.8) is 0 Å². The number of Topliss-reactive ketones (excluding diaryl/α,β-unsaturated/α-hetero) is 1. The summed E-state index contributed by atoms with van der Waals surface area (Å²) in [6.07, 6.45) is 39.0. The molecular formula is C33H64O. The number of carbonyl (C=O) groups is 1. The van der Waals surface area contributed by atoms with E-state index in [1.54, 1.807) is 0 Å². The third kappa shape index (κ3) is 27.7. The molecule has 0 aromatic rings. The molecule has 0 aliphatic rings. The van der Waals surface area contributed by atoms with Crippen LogP contribution >= 0.6 is 0 Å². The number of hydrogen-bond donors (Lipinski definition) is 0. The van der Waals surface area contributed by atoms with Crippen LogP contribution in [0, 0.1) is 0 Å². The monoisotopic (exact) mass is 476 g/mol. The van der Waals surface area contributed by atoms with Gasteiger partial charge in [0.05, 0.1) is 0 Å². The third-order valence-electron chi connectivity index (χ3n) is 7.48. The molecule has 0 aromatic heterocycles. The first-order valence-corrected chi connectivity index (χ1v) is 15.9. The summed E-state index contributed by atoms with van der Waals surface area (Å²) in [7, 11) is 0. The topological polar surface area (TPSA) is 17.1 Å². The van der Waals surface area contributed by atoms with Crippen LogP contribution in [0.1, 0.15) is 194 Å². The summed E-state index contributed by atoms with van der Waals surface area (Å²) in [4.78, 5) is 11.5. The second-order valence-electron chi connectivity index (χ2n) is 11.1. The Bertz CT molecular complexity index is 424. The van der Waals surface area contributed by atoms with Crippen LogP contribution in [-0.4, -0.2) is 5.78 Å². The summed E-state index contributed by atoms with van der Waals surface area (Å²) in [5.41, 5.74) is 0.717. The number of ketones is 1. The van der Waals surface area contributed by atoms with Gasteiger partial charge >= 0.3 is 0 Å². The van der Waals surface area contributed by atoms with Crippen LogP contribution in [0.2, 0.25) is 0 Å². The Morgan fingerprint density at radius 2 is 0.618 bits per heavy atom. The fraction of sp³-hybridized carbons (Fsp3) is 0.909. The van der Waals surface area contributed by atoms with Crippen LogP contribution in [0.5, 0.6) is 0 Å². The highest BCUT2D eigenvalue weighted by atomic mass is 16.1. The lowest BCUT2D eigenvalue weighted by Crippen LogP contribution is -1.97. The summed E-state index contributed by atoms with van der Waals surface area (Å²) in [5, 5.41) is 0. The van der Waals surface area contributed by atoms with E-state index < -0.39 is 0 Å². The molecule has 0 N–H and O–H groups in total. The van der Waals surface area contributed by atoms with Crippen LogP contribution in [0.25, 0.3) is 0 Å². The molecule has 0 aliphatic heterocycles. The summed E-state index contributed by atoms with van der Waals surface area (Å²) >= 11 is 0. The largest absolute Gasteiger partial charge is 0.295 e. The smallest absolute Gasteiger partial charge is 0.157 e. The van der Waals surface area contributed by atoms with E-state index in [1.807, 2.05) is 6.92 Å².